The maximum Gasteiger partial charge on any atom is 0.150 e. The molecule has 0 fully saturated rings. The van der Waals surface area contributed by atoms with Gasteiger partial charge in [0.05, 0.1) is 0 Å². The second-order valence-electron chi connectivity index (χ2n) is 3.95. The van der Waals surface area contributed by atoms with Crippen LogP contribution in [0.25, 0.3) is 0 Å². The number of hydrogen-bond donors (Lipinski definition) is 1. The summed E-state index contributed by atoms with van der Waals surface area (Å²) in [5.41, 5.74) is 9.57. The standard InChI is InChI=1S/C13H16N2S2/c1-9-5-3-4-6-11(9)12(7-14)17-13-15-10(2)8-16-13/h3-6,8,12H,7,14H2,1-2H3. The molecule has 0 spiro atoms. The summed E-state index contributed by atoms with van der Waals surface area (Å²) in [5.74, 6) is 0. The largest absolute Gasteiger partial charge is 0.329 e. The topological polar surface area (TPSA) is 38.9 Å². The minimum atomic E-state index is 0.293. The molecule has 2 nitrogen and oxygen atoms in total. The van der Waals surface area contributed by atoms with E-state index in [0.717, 1.165) is 10.0 Å². The molecule has 1 aromatic heterocycles. The molecule has 0 amide bonds. The molecule has 1 unspecified atom stereocenters. The first-order valence-corrected chi connectivity index (χ1v) is 7.31. The lowest BCUT2D eigenvalue weighted by molar-refractivity contribution is 0.928. The highest BCUT2D eigenvalue weighted by Gasteiger charge is 2.15. The zero-order valence-electron chi connectivity index (χ0n) is 10.0. The highest BCUT2D eigenvalue weighted by atomic mass is 32.2. The number of aryl methyl sites for hydroxylation is 2. The Morgan fingerprint density at radius 1 is 1.35 bits per heavy atom. The molecule has 0 radical (unpaired) electrons. The molecular weight excluding hydrogens is 248 g/mol. The van der Waals surface area contributed by atoms with Gasteiger partial charge in [-0.15, -0.1) is 11.3 Å². The third-order valence-corrected chi connectivity index (χ3v) is 4.94. The Balaban J connectivity index is 2.20. The lowest BCUT2D eigenvalue weighted by Crippen LogP contribution is -2.10. The van der Waals surface area contributed by atoms with E-state index in [-0.39, 0.29) is 0 Å². The molecule has 2 N–H and O–H groups in total. The van der Waals surface area contributed by atoms with Gasteiger partial charge in [0, 0.05) is 22.9 Å². The second kappa shape index (κ2) is 5.67. The molecule has 0 saturated carbocycles. The van der Waals surface area contributed by atoms with Crippen molar-refractivity contribution in [2.75, 3.05) is 6.54 Å². The summed E-state index contributed by atoms with van der Waals surface area (Å²) in [7, 11) is 0. The third kappa shape index (κ3) is 3.09. The van der Waals surface area contributed by atoms with E-state index in [1.807, 2.05) is 6.92 Å². The lowest BCUT2D eigenvalue weighted by Gasteiger charge is -2.15. The molecule has 1 aromatic carbocycles. The van der Waals surface area contributed by atoms with Gasteiger partial charge in [-0.1, -0.05) is 36.0 Å². The number of thiazole rings is 1. The van der Waals surface area contributed by atoms with Gasteiger partial charge in [-0.25, -0.2) is 4.98 Å². The van der Waals surface area contributed by atoms with Crippen molar-refractivity contribution in [2.24, 2.45) is 5.73 Å². The van der Waals surface area contributed by atoms with E-state index in [0.29, 0.717) is 11.8 Å². The molecule has 17 heavy (non-hydrogen) atoms. The van der Waals surface area contributed by atoms with E-state index >= 15 is 0 Å². The number of hydrogen-bond acceptors (Lipinski definition) is 4. The predicted octanol–water partition coefficient (Wildman–Crippen LogP) is 3.55. The zero-order chi connectivity index (χ0) is 12.3. The van der Waals surface area contributed by atoms with Crippen molar-refractivity contribution in [2.45, 2.75) is 23.4 Å². The molecule has 0 bridgehead atoms. The molecule has 90 valence electrons. The number of benzene rings is 1. The van der Waals surface area contributed by atoms with Crippen LogP contribution in [-0.4, -0.2) is 11.5 Å². The fraction of sp³-hybridized carbons (Fsp3) is 0.308. The molecule has 0 aliphatic heterocycles. The quantitative estimate of drug-likeness (QED) is 0.858. The minimum Gasteiger partial charge on any atom is -0.329 e. The van der Waals surface area contributed by atoms with Gasteiger partial charge >= 0.3 is 0 Å². The van der Waals surface area contributed by atoms with Crippen LogP contribution in [0.1, 0.15) is 22.1 Å². The van der Waals surface area contributed by atoms with Gasteiger partial charge in [0.15, 0.2) is 4.34 Å². The van der Waals surface area contributed by atoms with Crippen molar-refractivity contribution in [1.82, 2.24) is 4.98 Å². The average Bonchev–Trinajstić information content (AvgIpc) is 2.73. The Hall–Kier alpha value is -0.840. The molecular formula is C13H16N2S2. The Labute approximate surface area is 110 Å². The number of nitrogens with two attached hydrogens (primary N) is 1. The Kier molecular flexibility index (Phi) is 4.20. The van der Waals surface area contributed by atoms with E-state index in [9.17, 15) is 0 Å². The van der Waals surface area contributed by atoms with E-state index in [2.05, 4.69) is 41.6 Å². The van der Waals surface area contributed by atoms with Crippen molar-refractivity contribution in [1.29, 1.82) is 0 Å². The third-order valence-electron chi connectivity index (χ3n) is 2.59. The van der Waals surface area contributed by atoms with Crippen LogP contribution >= 0.6 is 23.1 Å². The normalized spacial score (nSPS) is 12.6. The summed E-state index contributed by atoms with van der Waals surface area (Å²) in [6.07, 6.45) is 0. The first kappa shape index (κ1) is 12.6. The highest BCUT2D eigenvalue weighted by molar-refractivity contribution is 8.01. The van der Waals surface area contributed by atoms with E-state index in [4.69, 9.17) is 5.73 Å². The Bertz CT molecular complexity index is 494. The Morgan fingerprint density at radius 2 is 2.12 bits per heavy atom. The summed E-state index contributed by atoms with van der Waals surface area (Å²) in [5, 5.41) is 2.37. The van der Waals surface area contributed by atoms with Gasteiger partial charge in [0.2, 0.25) is 0 Å². The van der Waals surface area contributed by atoms with Crippen LogP contribution in [-0.2, 0) is 0 Å². The maximum atomic E-state index is 5.88. The fourth-order valence-electron chi connectivity index (χ4n) is 1.69. The number of aromatic nitrogens is 1. The summed E-state index contributed by atoms with van der Waals surface area (Å²) in [4.78, 5) is 4.48. The van der Waals surface area contributed by atoms with Crippen molar-refractivity contribution in [3.05, 3.63) is 46.5 Å². The SMILES string of the molecule is Cc1csc(SC(CN)c2ccccc2C)n1. The lowest BCUT2D eigenvalue weighted by atomic mass is 10.1. The summed E-state index contributed by atoms with van der Waals surface area (Å²) in [6, 6.07) is 8.41. The van der Waals surface area contributed by atoms with Gasteiger partial charge in [-0.3, -0.25) is 0 Å². The van der Waals surface area contributed by atoms with Crippen molar-refractivity contribution < 1.29 is 0 Å². The van der Waals surface area contributed by atoms with Crippen molar-refractivity contribution >= 4 is 23.1 Å². The van der Waals surface area contributed by atoms with Gasteiger partial charge < -0.3 is 5.73 Å². The molecule has 0 aliphatic rings. The smallest absolute Gasteiger partial charge is 0.150 e. The van der Waals surface area contributed by atoms with Gasteiger partial charge in [-0.2, -0.15) is 0 Å². The summed E-state index contributed by atoms with van der Waals surface area (Å²) in [6.45, 7) is 4.78. The van der Waals surface area contributed by atoms with Crippen LogP contribution < -0.4 is 5.73 Å². The van der Waals surface area contributed by atoms with Crippen LogP contribution in [0.5, 0.6) is 0 Å². The molecule has 2 aromatic rings. The molecule has 0 saturated heterocycles. The molecule has 4 heteroatoms. The van der Waals surface area contributed by atoms with Crippen molar-refractivity contribution in [3.8, 4) is 0 Å². The fourth-order valence-corrected chi connectivity index (χ4v) is 3.86. The van der Waals surface area contributed by atoms with Crippen molar-refractivity contribution in [3.63, 3.8) is 0 Å². The van der Waals surface area contributed by atoms with Crippen LogP contribution in [0.15, 0.2) is 34.0 Å². The number of thioether (sulfide) groups is 1. The van der Waals surface area contributed by atoms with Crippen LogP contribution in [0.4, 0.5) is 0 Å². The van der Waals surface area contributed by atoms with Gasteiger partial charge in [0.25, 0.3) is 0 Å². The monoisotopic (exact) mass is 264 g/mol. The van der Waals surface area contributed by atoms with Gasteiger partial charge in [0.1, 0.15) is 0 Å². The predicted molar refractivity (Wildman–Crippen MR) is 75.7 cm³/mol. The zero-order valence-corrected chi connectivity index (χ0v) is 11.6. The summed E-state index contributed by atoms with van der Waals surface area (Å²) < 4.78 is 1.10. The average molecular weight is 264 g/mol. The minimum absolute atomic E-state index is 0.293. The molecule has 1 heterocycles. The number of rotatable bonds is 4. The van der Waals surface area contributed by atoms with Crippen LogP contribution in [0, 0.1) is 13.8 Å². The Morgan fingerprint density at radius 3 is 2.71 bits per heavy atom. The van der Waals surface area contributed by atoms with E-state index < -0.39 is 0 Å². The molecule has 1 atom stereocenters. The first-order chi connectivity index (χ1) is 8.20. The van der Waals surface area contributed by atoms with Crippen LogP contribution in [0.2, 0.25) is 0 Å². The summed E-state index contributed by atoms with van der Waals surface area (Å²) >= 11 is 3.45. The van der Waals surface area contributed by atoms with E-state index in [1.165, 1.54) is 11.1 Å². The second-order valence-corrected chi connectivity index (χ2v) is 6.26. The first-order valence-electron chi connectivity index (χ1n) is 5.55. The number of nitrogens with zero attached hydrogens (tertiary/aromatic N) is 1. The molecule has 0 aliphatic carbocycles. The highest BCUT2D eigenvalue weighted by Crippen LogP contribution is 2.37. The van der Waals surface area contributed by atoms with Gasteiger partial charge in [-0.05, 0) is 25.0 Å². The molecule has 2 rings (SSSR count). The van der Waals surface area contributed by atoms with Crippen LogP contribution in [0.3, 0.4) is 0 Å². The maximum absolute atomic E-state index is 5.88. The van der Waals surface area contributed by atoms with E-state index in [1.54, 1.807) is 23.1 Å².